The maximum atomic E-state index is 12.6. The smallest absolute Gasteiger partial charge is 0.335 e. The van der Waals surface area contributed by atoms with Gasteiger partial charge in [0, 0.05) is 22.7 Å². The quantitative estimate of drug-likeness (QED) is 0.474. The summed E-state index contributed by atoms with van der Waals surface area (Å²) in [5, 5.41) is 14.3. The van der Waals surface area contributed by atoms with Crippen LogP contribution in [0.25, 0.3) is 0 Å². The Morgan fingerprint density at radius 3 is 2.34 bits per heavy atom. The maximum absolute atomic E-state index is 12.6. The predicted octanol–water partition coefficient (Wildman–Crippen LogP) is 5.02. The molecule has 0 fully saturated rings. The summed E-state index contributed by atoms with van der Waals surface area (Å²) in [6.45, 7) is 3.97. The second kappa shape index (κ2) is 11.3. The van der Waals surface area contributed by atoms with Gasteiger partial charge in [0.15, 0.2) is 0 Å². The van der Waals surface area contributed by atoms with Crippen LogP contribution in [-0.2, 0) is 9.59 Å². The molecule has 29 heavy (non-hydrogen) atoms. The first-order chi connectivity index (χ1) is 13.9. The highest BCUT2D eigenvalue weighted by molar-refractivity contribution is 8.00. The zero-order chi connectivity index (χ0) is 21.2. The van der Waals surface area contributed by atoms with Crippen LogP contribution < -0.4 is 10.6 Å². The van der Waals surface area contributed by atoms with Crippen molar-refractivity contribution < 1.29 is 19.5 Å². The van der Waals surface area contributed by atoms with Gasteiger partial charge in [0.05, 0.1) is 10.8 Å². The topological polar surface area (TPSA) is 95.5 Å². The highest BCUT2D eigenvalue weighted by atomic mass is 32.2. The molecule has 0 aliphatic heterocycles. The van der Waals surface area contributed by atoms with Crippen molar-refractivity contribution in [1.29, 1.82) is 0 Å². The molecule has 2 aromatic carbocycles. The Bertz CT molecular complexity index is 852. The number of amides is 2. The number of thioether (sulfide) groups is 1. The van der Waals surface area contributed by atoms with Crippen molar-refractivity contribution >= 4 is 40.9 Å². The number of hydrogen-bond donors (Lipinski definition) is 3. The van der Waals surface area contributed by atoms with Crippen molar-refractivity contribution in [3.8, 4) is 0 Å². The van der Waals surface area contributed by atoms with Gasteiger partial charge in [-0.25, -0.2) is 4.79 Å². The van der Waals surface area contributed by atoms with Gasteiger partial charge in [0.1, 0.15) is 0 Å². The fraction of sp³-hybridized carbons (Fsp3) is 0.318. The average molecular weight is 415 g/mol. The number of carboxylic acid groups (broad SMARTS) is 1. The standard InChI is InChI=1S/C22H26N2O4S/c1-3-5-9-20(25)23-17-7-6-8-18(14-17)29-19(4-2)21(26)24-16-12-10-15(11-13-16)22(27)28/h6-8,10-14,19H,3-5,9H2,1-2H3,(H,23,25)(H,24,26)(H,27,28). The summed E-state index contributed by atoms with van der Waals surface area (Å²) in [5.41, 5.74) is 1.44. The van der Waals surface area contributed by atoms with Gasteiger partial charge in [-0.2, -0.15) is 0 Å². The average Bonchev–Trinajstić information content (AvgIpc) is 2.71. The number of anilines is 2. The van der Waals surface area contributed by atoms with Gasteiger partial charge in [-0.3, -0.25) is 9.59 Å². The minimum absolute atomic E-state index is 0.0106. The third-order valence-electron chi connectivity index (χ3n) is 4.22. The molecule has 1 atom stereocenters. The molecule has 0 aliphatic rings. The summed E-state index contributed by atoms with van der Waals surface area (Å²) in [5.74, 6) is -1.17. The van der Waals surface area contributed by atoms with Crippen molar-refractivity contribution in [2.24, 2.45) is 0 Å². The van der Waals surface area contributed by atoms with Crippen LogP contribution in [0.2, 0.25) is 0 Å². The number of carboxylic acids is 1. The third kappa shape index (κ3) is 7.27. The number of benzene rings is 2. The van der Waals surface area contributed by atoms with Crippen LogP contribution in [-0.4, -0.2) is 28.1 Å². The molecule has 0 bridgehead atoms. The van der Waals surface area contributed by atoms with E-state index < -0.39 is 5.97 Å². The van der Waals surface area contributed by atoms with Crippen molar-refractivity contribution in [3.63, 3.8) is 0 Å². The molecule has 7 heteroatoms. The molecule has 3 N–H and O–H groups in total. The Morgan fingerprint density at radius 1 is 1.00 bits per heavy atom. The van der Waals surface area contributed by atoms with E-state index in [1.807, 2.05) is 38.1 Å². The number of rotatable bonds is 10. The summed E-state index contributed by atoms with van der Waals surface area (Å²) >= 11 is 1.43. The Morgan fingerprint density at radius 2 is 1.72 bits per heavy atom. The van der Waals surface area contributed by atoms with Gasteiger partial charge in [0.2, 0.25) is 11.8 Å². The minimum Gasteiger partial charge on any atom is -0.478 e. The van der Waals surface area contributed by atoms with Gasteiger partial charge >= 0.3 is 5.97 Å². The van der Waals surface area contributed by atoms with Crippen LogP contribution >= 0.6 is 11.8 Å². The molecule has 0 heterocycles. The molecule has 2 rings (SSSR count). The second-order valence-corrected chi connectivity index (χ2v) is 7.84. The molecule has 0 aromatic heterocycles. The van der Waals surface area contributed by atoms with Crippen LogP contribution in [0.4, 0.5) is 11.4 Å². The lowest BCUT2D eigenvalue weighted by Crippen LogP contribution is -2.24. The first-order valence-electron chi connectivity index (χ1n) is 9.63. The normalized spacial score (nSPS) is 11.5. The van der Waals surface area contributed by atoms with Crippen molar-refractivity contribution in [2.45, 2.75) is 49.7 Å². The van der Waals surface area contributed by atoms with Gasteiger partial charge in [0.25, 0.3) is 0 Å². The van der Waals surface area contributed by atoms with Crippen LogP contribution in [0, 0.1) is 0 Å². The molecule has 154 valence electrons. The van der Waals surface area contributed by atoms with Crippen LogP contribution in [0.3, 0.4) is 0 Å². The number of hydrogen-bond acceptors (Lipinski definition) is 4. The number of carbonyl (C=O) groups excluding carboxylic acids is 2. The molecule has 1 unspecified atom stereocenters. The van der Waals surface area contributed by atoms with Gasteiger partial charge in [-0.1, -0.05) is 26.3 Å². The predicted molar refractivity (Wildman–Crippen MR) is 117 cm³/mol. The van der Waals surface area contributed by atoms with Crippen molar-refractivity contribution in [1.82, 2.24) is 0 Å². The van der Waals surface area contributed by atoms with E-state index in [0.717, 1.165) is 23.4 Å². The van der Waals surface area contributed by atoms with Crippen LogP contribution in [0.1, 0.15) is 49.9 Å². The summed E-state index contributed by atoms with van der Waals surface area (Å²) in [7, 11) is 0. The van der Waals surface area contributed by atoms with Crippen LogP contribution in [0.5, 0.6) is 0 Å². The first-order valence-corrected chi connectivity index (χ1v) is 10.5. The molecular formula is C22H26N2O4S. The van der Waals surface area contributed by atoms with Crippen molar-refractivity contribution in [2.75, 3.05) is 10.6 Å². The lowest BCUT2D eigenvalue weighted by atomic mass is 10.2. The van der Waals surface area contributed by atoms with E-state index >= 15 is 0 Å². The Kier molecular flexibility index (Phi) is 8.73. The SMILES string of the molecule is CCCCC(=O)Nc1cccc(SC(CC)C(=O)Nc2ccc(C(=O)O)cc2)c1. The van der Waals surface area contributed by atoms with E-state index in [1.165, 1.54) is 23.9 Å². The Hall–Kier alpha value is -2.80. The van der Waals surface area contributed by atoms with Gasteiger partial charge in [-0.15, -0.1) is 11.8 Å². The summed E-state index contributed by atoms with van der Waals surface area (Å²) in [6, 6.07) is 13.5. The summed E-state index contributed by atoms with van der Waals surface area (Å²) < 4.78 is 0. The van der Waals surface area contributed by atoms with E-state index in [-0.39, 0.29) is 22.6 Å². The number of carbonyl (C=O) groups is 3. The monoisotopic (exact) mass is 414 g/mol. The molecule has 0 spiro atoms. The van der Waals surface area contributed by atoms with E-state index in [0.29, 0.717) is 18.5 Å². The molecule has 0 saturated carbocycles. The molecule has 2 aromatic rings. The second-order valence-electron chi connectivity index (χ2n) is 6.57. The summed E-state index contributed by atoms with van der Waals surface area (Å²) in [4.78, 5) is 36.4. The fourth-order valence-electron chi connectivity index (χ4n) is 2.61. The lowest BCUT2D eigenvalue weighted by molar-refractivity contribution is -0.116. The molecule has 2 amide bonds. The Balaban J connectivity index is 1.99. The molecular weight excluding hydrogens is 388 g/mol. The fourth-order valence-corrected chi connectivity index (χ4v) is 3.63. The van der Waals surface area contributed by atoms with E-state index in [4.69, 9.17) is 5.11 Å². The molecule has 0 radical (unpaired) electrons. The Labute approximate surface area is 175 Å². The zero-order valence-electron chi connectivity index (χ0n) is 16.6. The molecule has 0 saturated heterocycles. The molecule has 6 nitrogen and oxygen atoms in total. The number of nitrogens with one attached hydrogen (secondary N) is 2. The molecule has 0 aliphatic carbocycles. The van der Waals surface area contributed by atoms with Crippen LogP contribution in [0.15, 0.2) is 53.4 Å². The van der Waals surface area contributed by atoms with Gasteiger partial charge < -0.3 is 15.7 Å². The first kappa shape index (κ1) is 22.5. The highest BCUT2D eigenvalue weighted by Gasteiger charge is 2.18. The maximum Gasteiger partial charge on any atom is 0.335 e. The van der Waals surface area contributed by atoms with E-state index in [2.05, 4.69) is 10.6 Å². The third-order valence-corrected chi connectivity index (χ3v) is 5.57. The number of unbranched alkanes of at least 4 members (excludes halogenated alkanes) is 1. The van der Waals surface area contributed by atoms with E-state index in [9.17, 15) is 14.4 Å². The minimum atomic E-state index is -1.01. The summed E-state index contributed by atoms with van der Waals surface area (Å²) in [6.07, 6.45) is 2.94. The number of aromatic carboxylic acids is 1. The van der Waals surface area contributed by atoms with Gasteiger partial charge in [-0.05, 0) is 55.3 Å². The highest BCUT2D eigenvalue weighted by Crippen LogP contribution is 2.28. The lowest BCUT2D eigenvalue weighted by Gasteiger charge is -2.15. The van der Waals surface area contributed by atoms with Crippen molar-refractivity contribution in [3.05, 3.63) is 54.1 Å². The van der Waals surface area contributed by atoms with E-state index in [1.54, 1.807) is 12.1 Å². The zero-order valence-corrected chi connectivity index (χ0v) is 17.4. The largest absolute Gasteiger partial charge is 0.478 e.